The quantitative estimate of drug-likeness (QED) is 0.636. The number of benzene rings is 1. The van der Waals surface area contributed by atoms with Gasteiger partial charge in [0.2, 0.25) is 5.91 Å². The molecule has 1 aromatic carbocycles. The zero-order valence-electron chi connectivity index (χ0n) is 11.5. The predicted octanol–water partition coefficient (Wildman–Crippen LogP) is 1.52. The molecule has 1 aliphatic rings. The second kappa shape index (κ2) is 6.91. The molecule has 0 aromatic heterocycles. The van der Waals surface area contributed by atoms with Crippen LogP contribution in [-0.2, 0) is 4.79 Å². The van der Waals surface area contributed by atoms with Crippen LogP contribution in [0.25, 0.3) is 0 Å². The highest BCUT2D eigenvalue weighted by atomic mass is 16.2. The highest BCUT2D eigenvalue weighted by Crippen LogP contribution is 2.19. The number of amides is 3. The molecule has 0 atom stereocenters. The zero-order chi connectivity index (χ0) is 14.4. The molecule has 0 radical (unpaired) electrons. The molecular weight excluding hydrogens is 256 g/mol. The lowest BCUT2D eigenvalue weighted by molar-refractivity contribution is -0.116. The van der Waals surface area contributed by atoms with Gasteiger partial charge >= 0.3 is 6.03 Å². The van der Waals surface area contributed by atoms with Crippen LogP contribution >= 0.6 is 0 Å². The van der Waals surface area contributed by atoms with Gasteiger partial charge in [-0.2, -0.15) is 0 Å². The average molecular weight is 276 g/mol. The third kappa shape index (κ3) is 4.89. The maximum absolute atomic E-state index is 11.5. The van der Waals surface area contributed by atoms with Gasteiger partial charge in [0.1, 0.15) is 0 Å². The third-order valence-electron chi connectivity index (χ3n) is 2.94. The Kier molecular flexibility index (Phi) is 4.95. The summed E-state index contributed by atoms with van der Waals surface area (Å²) in [7, 11) is 1.81. The molecule has 2 rings (SSSR count). The molecule has 6 heteroatoms. The summed E-state index contributed by atoms with van der Waals surface area (Å²) in [5, 5.41) is 11.3. The first-order chi connectivity index (χ1) is 9.67. The van der Waals surface area contributed by atoms with Gasteiger partial charge in [0, 0.05) is 30.4 Å². The Balaban J connectivity index is 1.79. The van der Waals surface area contributed by atoms with E-state index >= 15 is 0 Å². The van der Waals surface area contributed by atoms with Crippen molar-refractivity contribution in [2.75, 3.05) is 24.2 Å². The van der Waals surface area contributed by atoms with Crippen molar-refractivity contribution in [3.05, 3.63) is 24.3 Å². The normalized spacial score (nSPS) is 13.7. The van der Waals surface area contributed by atoms with Crippen molar-refractivity contribution in [1.29, 1.82) is 0 Å². The molecular formula is C14H20N4O2. The lowest BCUT2D eigenvalue weighted by atomic mass is 10.2. The van der Waals surface area contributed by atoms with E-state index in [9.17, 15) is 9.59 Å². The maximum Gasteiger partial charge on any atom is 0.319 e. The van der Waals surface area contributed by atoms with Gasteiger partial charge in [0.05, 0.1) is 0 Å². The Labute approximate surface area is 118 Å². The smallest absolute Gasteiger partial charge is 0.319 e. The lowest BCUT2D eigenvalue weighted by Gasteiger charge is -2.08. The summed E-state index contributed by atoms with van der Waals surface area (Å²) in [4.78, 5) is 23.1. The molecule has 1 aromatic rings. The van der Waals surface area contributed by atoms with Crippen LogP contribution in [0.5, 0.6) is 0 Å². The summed E-state index contributed by atoms with van der Waals surface area (Å²) >= 11 is 0. The molecule has 20 heavy (non-hydrogen) atoms. The minimum atomic E-state index is -0.182. The van der Waals surface area contributed by atoms with Crippen LogP contribution in [0.2, 0.25) is 0 Å². The molecule has 0 bridgehead atoms. The van der Waals surface area contributed by atoms with Crippen molar-refractivity contribution in [2.24, 2.45) is 0 Å². The predicted molar refractivity (Wildman–Crippen MR) is 78.8 cm³/mol. The van der Waals surface area contributed by atoms with Gasteiger partial charge < -0.3 is 21.3 Å². The van der Waals surface area contributed by atoms with Crippen LogP contribution in [0.15, 0.2) is 24.3 Å². The van der Waals surface area contributed by atoms with Crippen molar-refractivity contribution in [3.8, 4) is 0 Å². The molecule has 6 nitrogen and oxygen atoms in total. The largest absolute Gasteiger partial charge is 0.335 e. The van der Waals surface area contributed by atoms with Crippen LogP contribution in [0.1, 0.15) is 19.3 Å². The van der Waals surface area contributed by atoms with Gasteiger partial charge in [-0.05, 0) is 44.2 Å². The van der Waals surface area contributed by atoms with Gasteiger partial charge in [-0.1, -0.05) is 0 Å². The molecule has 0 saturated heterocycles. The molecule has 1 fully saturated rings. The fraction of sp³-hybridized carbons (Fsp3) is 0.429. The first-order valence-corrected chi connectivity index (χ1v) is 6.79. The Morgan fingerprint density at radius 3 is 2.25 bits per heavy atom. The number of rotatable bonds is 6. The van der Waals surface area contributed by atoms with E-state index in [1.54, 1.807) is 31.3 Å². The Hall–Kier alpha value is -2.08. The summed E-state index contributed by atoms with van der Waals surface area (Å²) in [6.07, 6.45) is 2.55. The number of nitrogens with one attached hydrogen (secondary N) is 4. The number of hydrogen-bond acceptors (Lipinski definition) is 3. The second-order valence-electron chi connectivity index (χ2n) is 4.85. The Morgan fingerprint density at radius 1 is 1.10 bits per heavy atom. The topological polar surface area (TPSA) is 82.3 Å². The Morgan fingerprint density at radius 2 is 1.70 bits per heavy atom. The van der Waals surface area contributed by atoms with E-state index in [2.05, 4.69) is 21.3 Å². The van der Waals surface area contributed by atoms with E-state index < -0.39 is 0 Å². The summed E-state index contributed by atoms with van der Waals surface area (Å²) in [5.74, 6) is -0.0356. The van der Waals surface area contributed by atoms with E-state index in [1.165, 1.54) is 0 Å². The molecule has 3 amide bonds. The first-order valence-electron chi connectivity index (χ1n) is 6.79. The highest BCUT2D eigenvalue weighted by molar-refractivity contribution is 5.92. The fourth-order valence-corrected chi connectivity index (χ4v) is 1.68. The molecule has 0 spiro atoms. The maximum atomic E-state index is 11.5. The lowest BCUT2D eigenvalue weighted by Crippen LogP contribution is -2.30. The molecule has 0 unspecified atom stereocenters. The van der Waals surface area contributed by atoms with Gasteiger partial charge in [-0.15, -0.1) is 0 Å². The van der Waals surface area contributed by atoms with E-state index in [4.69, 9.17) is 0 Å². The van der Waals surface area contributed by atoms with Gasteiger partial charge in [-0.25, -0.2) is 4.79 Å². The molecule has 0 aliphatic heterocycles. The van der Waals surface area contributed by atoms with Crippen LogP contribution in [0, 0.1) is 0 Å². The molecule has 108 valence electrons. The first kappa shape index (κ1) is 14.3. The minimum Gasteiger partial charge on any atom is -0.335 e. The number of carbonyl (C=O) groups is 2. The van der Waals surface area contributed by atoms with E-state index in [1.807, 2.05) is 0 Å². The number of carbonyl (C=O) groups excluding carboxylic acids is 2. The van der Waals surface area contributed by atoms with Crippen molar-refractivity contribution in [2.45, 2.75) is 25.3 Å². The van der Waals surface area contributed by atoms with Crippen molar-refractivity contribution in [1.82, 2.24) is 10.6 Å². The van der Waals surface area contributed by atoms with E-state index in [0.717, 1.165) is 18.5 Å². The fourth-order valence-electron chi connectivity index (χ4n) is 1.68. The number of hydrogen-bond donors (Lipinski definition) is 4. The third-order valence-corrected chi connectivity index (χ3v) is 2.94. The highest BCUT2D eigenvalue weighted by Gasteiger charge is 2.23. The SMILES string of the molecule is CNCCC(=O)Nc1ccc(NC(=O)NC2CC2)cc1. The van der Waals surface area contributed by atoms with Crippen LogP contribution in [-0.4, -0.2) is 31.6 Å². The van der Waals surface area contributed by atoms with Crippen molar-refractivity contribution < 1.29 is 9.59 Å². The average Bonchev–Trinajstić information content (AvgIpc) is 3.22. The summed E-state index contributed by atoms with van der Waals surface area (Å²) in [6, 6.07) is 7.22. The van der Waals surface area contributed by atoms with Gasteiger partial charge in [0.15, 0.2) is 0 Å². The van der Waals surface area contributed by atoms with E-state index in [-0.39, 0.29) is 11.9 Å². The molecule has 0 heterocycles. The van der Waals surface area contributed by atoms with Crippen LogP contribution < -0.4 is 21.3 Å². The number of anilines is 2. The van der Waals surface area contributed by atoms with Crippen molar-refractivity contribution in [3.63, 3.8) is 0 Å². The summed E-state index contributed by atoms with van der Waals surface area (Å²) < 4.78 is 0. The number of urea groups is 1. The van der Waals surface area contributed by atoms with Crippen molar-refractivity contribution >= 4 is 23.3 Å². The van der Waals surface area contributed by atoms with Crippen LogP contribution in [0.4, 0.5) is 16.2 Å². The Bertz CT molecular complexity index is 469. The second-order valence-corrected chi connectivity index (χ2v) is 4.85. The minimum absolute atomic E-state index is 0.0356. The van der Waals surface area contributed by atoms with Crippen LogP contribution in [0.3, 0.4) is 0 Å². The molecule has 1 aliphatic carbocycles. The van der Waals surface area contributed by atoms with Gasteiger partial charge in [0.25, 0.3) is 0 Å². The summed E-state index contributed by atoms with van der Waals surface area (Å²) in [5.41, 5.74) is 1.43. The zero-order valence-corrected chi connectivity index (χ0v) is 11.5. The summed E-state index contributed by atoms with van der Waals surface area (Å²) in [6.45, 7) is 0.646. The molecule has 4 N–H and O–H groups in total. The molecule has 1 saturated carbocycles. The monoisotopic (exact) mass is 276 g/mol. The standard InChI is InChI=1S/C14H20N4O2/c1-15-9-8-13(19)16-10-2-4-11(5-3-10)17-14(20)18-12-6-7-12/h2-5,12,15H,6-9H2,1H3,(H,16,19)(H2,17,18,20). The van der Waals surface area contributed by atoms with E-state index in [0.29, 0.717) is 24.7 Å². The van der Waals surface area contributed by atoms with Gasteiger partial charge in [-0.3, -0.25) is 4.79 Å².